The molecule has 1 N–H and O–H groups in total. The Morgan fingerprint density at radius 3 is 2.04 bits per heavy atom. The van der Waals surface area contributed by atoms with E-state index in [0.717, 1.165) is 31.9 Å². The molecule has 2 aromatic rings. The summed E-state index contributed by atoms with van der Waals surface area (Å²) in [5.74, 6) is -0.341. The molecule has 6 nitrogen and oxygen atoms in total. The zero-order chi connectivity index (χ0) is 17.6. The molecular weight excluding hydrogens is 318 g/mol. The minimum Gasteiger partial charge on any atom is -0.479 e. The fraction of sp³-hybridized carbons (Fsp3) is 0.368. The van der Waals surface area contributed by atoms with Gasteiger partial charge in [0.1, 0.15) is 5.75 Å². The van der Waals surface area contributed by atoms with Gasteiger partial charge < -0.3 is 19.6 Å². The van der Waals surface area contributed by atoms with Crippen molar-refractivity contribution in [2.24, 2.45) is 0 Å². The second kappa shape index (κ2) is 7.88. The van der Waals surface area contributed by atoms with E-state index in [1.165, 1.54) is 5.69 Å². The van der Waals surface area contributed by atoms with Gasteiger partial charge in [-0.2, -0.15) is 0 Å². The molecule has 1 fully saturated rings. The molecule has 6 heteroatoms. The Balaban J connectivity index is 1.58. The number of hydrogen-bond acceptors (Lipinski definition) is 5. The number of aliphatic carboxylic acids is 1. The fourth-order valence-corrected chi connectivity index (χ4v) is 2.99. The summed E-state index contributed by atoms with van der Waals surface area (Å²) in [5, 5.41) is 9.07. The van der Waals surface area contributed by atoms with E-state index in [4.69, 9.17) is 9.84 Å². The molecule has 1 aliphatic heterocycles. The molecule has 25 heavy (non-hydrogen) atoms. The number of rotatable bonds is 6. The molecule has 2 heterocycles. The van der Waals surface area contributed by atoms with Crippen molar-refractivity contribution in [2.45, 2.75) is 19.4 Å². The molecule has 0 aliphatic carbocycles. The standard InChI is InChI=1S/C19H23N3O3/c1-2-18(19(23)24)25-17-5-3-15(4-6-17)21-11-13-22(14-12-21)16-7-9-20-10-8-16/h3-10,18H,2,11-14H2,1H3,(H,23,24). The van der Waals surface area contributed by atoms with Crippen LogP contribution in [0.4, 0.5) is 11.4 Å². The van der Waals surface area contributed by atoms with Crippen LogP contribution < -0.4 is 14.5 Å². The Labute approximate surface area is 147 Å². The molecule has 1 aliphatic rings. The number of carbonyl (C=O) groups is 1. The molecule has 0 bridgehead atoms. The topological polar surface area (TPSA) is 65.9 Å². The van der Waals surface area contributed by atoms with E-state index in [9.17, 15) is 4.79 Å². The van der Waals surface area contributed by atoms with E-state index in [-0.39, 0.29) is 0 Å². The minimum absolute atomic E-state index is 0.439. The highest BCUT2D eigenvalue weighted by atomic mass is 16.5. The van der Waals surface area contributed by atoms with Crippen LogP contribution in [0.5, 0.6) is 5.75 Å². The van der Waals surface area contributed by atoms with Crippen molar-refractivity contribution >= 4 is 17.3 Å². The number of carboxylic acids is 1. The van der Waals surface area contributed by atoms with Crippen molar-refractivity contribution in [1.29, 1.82) is 0 Å². The Kier molecular flexibility index (Phi) is 5.38. The molecular formula is C19H23N3O3. The van der Waals surface area contributed by atoms with Crippen molar-refractivity contribution < 1.29 is 14.6 Å². The summed E-state index contributed by atoms with van der Waals surface area (Å²) >= 11 is 0. The van der Waals surface area contributed by atoms with Crippen molar-refractivity contribution in [2.75, 3.05) is 36.0 Å². The molecule has 1 unspecified atom stereocenters. The van der Waals surface area contributed by atoms with Gasteiger partial charge in [0.15, 0.2) is 6.10 Å². The van der Waals surface area contributed by atoms with Gasteiger partial charge in [0.05, 0.1) is 0 Å². The van der Waals surface area contributed by atoms with Crippen LogP contribution in [0.2, 0.25) is 0 Å². The first-order valence-corrected chi connectivity index (χ1v) is 8.57. The van der Waals surface area contributed by atoms with Crippen molar-refractivity contribution in [3.8, 4) is 5.75 Å². The fourth-order valence-electron chi connectivity index (χ4n) is 2.99. The largest absolute Gasteiger partial charge is 0.479 e. The number of aromatic nitrogens is 1. The first-order chi connectivity index (χ1) is 12.2. The summed E-state index contributed by atoms with van der Waals surface area (Å²) in [5.41, 5.74) is 2.34. The molecule has 1 atom stereocenters. The van der Waals surface area contributed by atoms with E-state index >= 15 is 0 Å². The van der Waals surface area contributed by atoms with E-state index in [2.05, 4.69) is 14.8 Å². The summed E-state index contributed by atoms with van der Waals surface area (Å²) in [4.78, 5) is 19.8. The molecule has 1 aromatic carbocycles. The van der Waals surface area contributed by atoms with Gasteiger partial charge in [-0.3, -0.25) is 4.98 Å². The number of carboxylic acid groups (broad SMARTS) is 1. The maximum Gasteiger partial charge on any atom is 0.344 e. The van der Waals surface area contributed by atoms with Gasteiger partial charge >= 0.3 is 5.97 Å². The summed E-state index contributed by atoms with van der Waals surface area (Å²) in [6, 6.07) is 11.7. The Hall–Kier alpha value is -2.76. The van der Waals surface area contributed by atoms with Crippen LogP contribution in [0.25, 0.3) is 0 Å². The van der Waals surface area contributed by atoms with Crippen molar-refractivity contribution in [3.63, 3.8) is 0 Å². The van der Waals surface area contributed by atoms with E-state index < -0.39 is 12.1 Å². The number of hydrogen-bond donors (Lipinski definition) is 1. The average molecular weight is 341 g/mol. The van der Waals surface area contributed by atoms with Crippen LogP contribution in [0.1, 0.15) is 13.3 Å². The predicted molar refractivity (Wildman–Crippen MR) is 97.4 cm³/mol. The third-order valence-electron chi connectivity index (χ3n) is 4.43. The number of ether oxygens (including phenoxy) is 1. The molecule has 3 rings (SSSR count). The maximum absolute atomic E-state index is 11.1. The smallest absolute Gasteiger partial charge is 0.344 e. The number of benzene rings is 1. The molecule has 1 aromatic heterocycles. The third kappa shape index (κ3) is 4.21. The third-order valence-corrected chi connectivity index (χ3v) is 4.43. The van der Waals surface area contributed by atoms with Gasteiger partial charge in [-0.05, 0) is 42.8 Å². The summed E-state index contributed by atoms with van der Waals surface area (Å²) in [6.07, 6.45) is 3.28. The highest BCUT2D eigenvalue weighted by molar-refractivity contribution is 5.72. The SMILES string of the molecule is CCC(Oc1ccc(N2CCN(c3ccncc3)CC2)cc1)C(=O)O. The second-order valence-corrected chi connectivity index (χ2v) is 6.03. The van der Waals surface area contributed by atoms with Crippen molar-refractivity contribution in [1.82, 2.24) is 4.98 Å². The van der Waals surface area contributed by atoms with Crippen LogP contribution in [0.3, 0.4) is 0 Å². The first kappa shape index (κ1) is 17.1. The van der Waals surface area contributed by atoms with Gasteiger partial charge in [0.2, 0.25) is 0 Å². The van der Waals surface area contributed by atoms with Gasteiger partial charge in [0.25, 0.3) is 0 Å². The van der Waals surface area contributed by atoms with E-state index in [1.54, 1.807) is 6.92 Å². The average Bonchev–Trinajstić information content (AvgIpc) is 2.67. The number of pyridine rings is 1. The normalized spacial score (nSPS) is 15.7. The lowest BCUT2D eigenvalue weighted by Gasteiger charge is -2.37. The van der Waals surface area contributed by atoms with Gasteiger partial charge in [-0.1, -0.05) is 6.92 Å². The zero-order valence-corrected chi connectivity index (χ0v) is 14.3. The predicted octanol–water partition coefficient (Wildman–Crippen LogP) is 2.65. The Morgan fingerprint density at radius 2 is 1.56 bits per heavy atom. The second-order valence-electron chi connectivity index (χ2n) is 6.03. The summed E-state index contributed by atoms with van der Waals surface area (Å²) in [6.45, 7) is 5.60. The van der Waals surface area contributed by atoms with Crippen LogP contribution in [0.15, 0.2) is 48.8 Å². The zero-order valence-electron chi connectivity index (χ0n) is 14.3. The Morgan fingerprint density at radius 1 is 1.04 bits per heavy atom. The van der Waals surface area contributed by atoms with Crippen LogP contribution in [-0.2, 0) is 4.79 Å². The number of nitrogens with zero attached hydrogens (tertiary/aromatic N) is 3. The van der Waals surface area contributed by atoms with Crippen molar-refractivity contribution in [3.05, 3.63) is 48.8 Å². The summed E-state index contributed by atoms with van der Waals surface area (Å²) in [7, 11) is 0. The lowest BCUT2D eigenvalue weighted by molar-refractivity contribution is -0.145. The number of anilines is 2. The monoisotopic (exact) mass is 341 g/mol. The van der Waals surface area contributed by atoms with Gasteiger partial charge in [-0.15, -0.1) is 0 Å². The molecule has 0 spiro atoms. The van der Waals surface area contributed by atoms with Crippen LogP contribution in [-0.4, -0.2) is 48.3 Å². The highest BCUT2D eigenvalue weighted by Crippen LogP contribution is 2.23. The Bertz CT molecular complexity index is 683. The quantitative estimate of drug-likeness (QED) is 0.871. The first-order valence-electron chi connectivity index (χ1n) is 8.57. The molecule has 132 valence electrons. The lowest BCUT2D eigenvalue weighted by atomic mass is 10.2. The number of piperazine rings is 1. The highest BCUT2D eigenvalue weighted by Gasteiger charge is 2.19. The van der Waals surface area contributed by atoms with E-state index in [1.807, 2.05) is 48.8 Å². The van der Waals surface area contributed by atoms with Crippen LogP contribution >= 0.6 is 0 Å². The van der Waals surface area contributed by atoms with E-state index in [0.29, 0.717) is 12.2 Å². The van der Waals surface area contributed by atoms with Gasteiger partial charge in [0, 0.05) is 49.9 Å². The molecule has 0 radical (unpaired) electrons. The van der Waals surface area contributed by atoms with Gasteiger partial charge in [-0.25, -0.2) is 4.79 Å². The minimum atomic E-state index is -0.932. The lowest BCUT2D eigenvalue weighted by Crippen LogP contribution is -2.46. The maximum atomic E-state index is 11.1. The molecule has 0 saturated carbocycles. The van der Waals surface area contributed by atoms with Crippen LogP contribution in [0, 0.1) is 0 Å². The molecule has 0 amide bonds. The molecule has 1 saturated heterocycles. The summed E-state index contributed by atoms with van der Waals surface area (Å²) < 4.78 is 5.51.